The fourth-order valence-corrected chi connectivity index (χ4v) is 2.85. The van der Waals surface area contributed by atoms with Crippen LogP contribution in [0.2, 0.25) is 0 Å². The smallest absolute Gasteiger partial charge is 0.279 e. The van der Waals surface area contributed by atoms with E-state index in [1.54, 1.807) is 4.90 Å². The molecule has 0 fully saturated rings. The highest BCUT2D eigenvalue weighted by molar-refractivity contribution is 7.71. The molecule has 23 heavy (non-hydrogen) atoms. The van der Waals surface area contributed by atoms with E-state index in [0.29, 0.717) is 35.2 Å². The number of para-hydroxylation sites is 1. The van der Waals surface area contributed by atoms with Crippen LogP contribution >= 0.6 is 12.2 Å². The van der Waals surface area contributed by atoms with Crippen molar-refractivity contribution < 1.29 is 4.79 Å². The number of nitrogens with one attached hydrogen (secondary N) is 1. The van der Waals surface area contributed by atoms with Crippen LogP contribution in [0, 0.1) is 10.7 Å². The predicted molar refractivity (Wildman–Crippen MR) is 92.4 cm³/mol. The van der Waals surface area contributed by atoms with Gasteiger partial charge in [-0.1, -0.05) is 39.0 Å². The van der Waals surface area contributed by atoms with Crippen molar-refractivity contribution in [1.29, 1.82) is 0 Å². The lowest BCUT2D eigenvalue weighted by molar-refractivity contribution is -0.112. The average Bonchev–Trinajstić information content (AvgIpc) is 3.01. The van der Waals surface area contributed by atoms with Crippen LogP contribution in [-0.4, -0.2) is 33.0 Å². The summed E-state index contributed by atoms with van der Waals surface area (Å²) < 4.78 is 1.93. The van der Waals surface area contributed by atoms with Crippen LogP contribution in [0.3, 0.4) is 0 Å². The zero-order chi connectivity index (χ0) is 16.6. The van der Waals surface area contributed by atoms with E-state index in [1.165, 1.54) is 4.68 Å². The highest BCUT2D eigenvalue weighted by Crippen LogP contribution is 2.30. The number of carbonyl (C=O) groups is 1. The van der Waals surface area contributed by atoms with Crippen molar-refractivity contribution in [3.63, 3.8) is 0 Å². The van der Waals surface area contributed by atoms with E-state index in [9.17, 15) is 4.79 Å². The molecular formula is C16H19N5OS. The largest absolute Gasteiger partial charge is 0.306 e. The molecular weight excluding hydrogens is 310 g/mol. The number of benzene rings is 1. The first-order chi connectivity index (χ1) is 11.0. The van der Waals surface area contributed by atoms with Crippen molar-refractivity contribution in [2.45, 2.75) is 27.2 Å². The third-order valence-electron chi connectivity index (χ3n) is 3.68. The maximum absolute atomic E-state index is 12.9. The van der Waals surface area contributed by atoms with Gasteiger partial charge in [0.1, 0.15) is 0 Å². The zero-order valence-electron chi connectivity index (χ0n) is 13.4. The summed E-state index contributed by atoms with van der Waals surface area (Å²) >= 11 is 5.22. The highest BCUT2D eigenvalue weighted by atomic mass is 32.1. The maximum atomic E-state index is 12.9. The number of hydrogen-bond donors (Lipinski definition) is 1. The Morgan fingerprint density at radius 2 is 2.09 bits per heavy atom. The standard InChI is InChI=1S/C16H19N5OS/c1-4-13-17-18-16(23)21(13)19-14-11-7-5-6-8-12(11)20(15(14)22)9-10(2)3/h5-8,10H,4,9H2,1-3H3,(H,18,23)/b19-14+. The van der Waals surface area contributed by atoms with Crippen molar-refractivity contribution >= 4 is 29.5 Å². The van der Waals surface area contributed by atoms with Gasteiger partial charge in [0.05, 0.1) is 5.69 Å². The zero-order valence-corrected chi connectivity index (χ0v) is 14.2. The summed E-state index contributed by atoms with van der Waals surface area (Å²) in [6, 6.07) is 7.72. The van der Waals surface area contributed by atoms with Crippen molar-refractivity contribution in [2.75, 3.05) is 11.4 Å². The number of H-pyrrole nitrogens is 1. The normalized spacial score (nSPS) is 15.7. The number of aromatic nitrogens is 3. The van der Waals surface area contributed by atoms with Crippen molar-refractivity contribution in [3.8, 4) is 0 Å². The number of carbonyl (C=O) groups excluding carboxylic acids is 1. The van der Waals surface area contributed by atoms with Gasteiger partial charge in [0, 0.05) is 18.5 Å². The Hall–Kier alpha value is -2.28. The molecule has 0 bridgehead atoms. The number of hydrogen-bond acceptors (Lipinski definition) is 4. The van der Waals surface area contributed by atoms with Gasteiger partial charge in [-0.25, -0.2) is 0 Å². The summed E-state index contributed by atoms with van der Waals surface area (Å²) in [5, 5.41) is 11.4. The number of aryl methyl sites for hydroxylation is 1. The van der Waals surface area contributed by atoms with E-state index in [4.69, 9.17) is 12.2 Å². The second kappa shape index (κ2) is 6.08. The van der Waals surface area contributed by atoms with Gasteiger partial charge in [-0.2, -0.15) is 14.9 Å². The summed E-state index contributed by atoms with van der Waals surface area (Å²) in [4.78, 5) is 14.6. The Morgan fingerprint density at radius 1 is 1.35 bits per heavy atom. The molecule has 1 aliphatic heterocycles. The molecule has 1 N–H and O–H groups in total. The summed E-state index contributed by atoms with van der Waals surface area (Å²) in [7, 11) is 0. The average molecular weight is 329 g/mol. The molecule has 0 spiro atoms. The third kappa shape index (κ3) is 2.72. The number of nitrogens with zero attached hydrogens (tertiary/aromatic N) is 4. The van der Waals surface area contributed by atoms with Crippen LogP contribution in [0.4, 0.5) is 5.69 Å². The lowest BCUT2D eigenvalue weighted by atomic mass is 10.1. The molecule has 1 aliphatic rings. The van der Waals surface area contributed by atoms with Gasteiger partial charge in [-0.05, 0) is 24.2 Å². The fourth-order valence-electron chi connectivity index (χ4n) is 2.66. The van der Waals surface area contributed by atoms with Crippen molar-refractivity contribution in [1.82, 2.24) is 14.9 Å². The lowest BCUT2D eigenvalue weighted by Crippen LogP contribution is -2.33. The Labute approximate surface area is 139 Å². The van der Waals surface area contributed by atoms with Gasteiger partial charge in [-0.3, -0.25) is 9.89 Å². The molecule has 0 atom stereocenters. The maximum Gasteiger partial charge on any atom is 0.279 e. The van der Waals surface area contributed by atoms with Gasteiger partial charge in [0.15, 0.2) is 11.5 Å². The van der Waals surface area contributed by atoms with Gasteiger partial charge < -0.3 is 4.90 Å². The molecule has 0 saturated heterocycles. The molecule has 6 nitrogen and oxygen atoms in total. The van der Waals surface area contributed by atoms with Crippen LogP contribution < -0.4 is 4.90 Å². The van der Waals surface area contributed by atoms with Gasteiger partial charge in [-0.15, -0.1) is 0 Å². The number of rotatable bonds is 4. The van der Waals surface area contributed by atoms with E-state index < -0.39 is 0 Å². The van der Waals surface area contributed by atoms with Crippen LogP contribution in [-0.2, 0) is 11.2 Å². The van der Waals surface area contributed by atoms with Gasteiger partial charge in [0.25, 0.3) is 5.91 Å². The van der Waals surface area contributed by atoms with Crippen LogP contribution in [0.15, 0.2) is 29.4 Å². The quantitative estimate of drug-likeness (QED) is 0.877. The molecule has 1 aromatic carbocycles. The lowest BCUT2D eigenvalue weighted by Gasteiger charge is -2.18. The monoisotopic (exact) mass is 329 g/mol. The molecule has 0 unspecified atom stereocenters. The van der Waals surface area contributed by atoms with E-state index >= 15 is 0 Å². The van der Waals surface area contributed by atoms with Gasteiger partial charge >= 0.3 is 0 Å². The highest BCUT2D eigenvalue weighted by Gasteiger charge is 2.34. The van der Waals surface area contributed by atoms with Gasteiger partial charge in [0.2, 0.25) is 4.77 Å². The summed E-state index contributed by atoms with van der Waals surface area (Å²) in [5.74, 6) is 0.980. The van der Waals surface area contributed by atoms with E-state index in [1.807, 2.05) is 31.2 Å². The predicted octanol–water partition coefficient (Wildman–Crippen LogP) is 2.76. The number of amides is 1. The molecule has 0 saturated carbocycles. The van der Waals surface area contributed by atoms with E-state index in [-0.39, 0.29) is 5.91 Å². The Bertz CT molecular complexity index is 833. The molecule has 1 aromatic heterocycles. The van der Waals surface area contributed by atoms with Crippen LogP contribution in [0.25, 0.3) is 0 Å². The number of fused-ring (bicyclic) bond motifs is 1. The minimum absolute atomic E-state index is 0.0925. The molecule has 120 valence electrons. The molecule has 0 radical (unpaired) electrons. The SMILES string of the molecule is CCc1n[nH]c(=S)n1/N=C1/C(=O)N(CC(C)C)c2ccccc21. The van der Waals surface area contributed by atoms with E-state index in [0.717, 1.165) is 11.3 Å². The Kier molecular flexibility index (Phi) is 4.12. The van der Waals surface area contributed by atoms with Crippen molar-refractivity contribution in [2.24, 2.45) is 11.0 Å². The molecule has 7 heteroatoms. The fraction of sp³-hybridized carbons (Fsp3) is 0.375. The second-order valence-electron chi connectivity index (χ2n) is 5.89. The minimum atomic E-state index is -0.0925. The second-order valence-corrected chi connectivity index (χ2v) is 6.27. The molecule has 2 heterocycles. The minimum Gasteiger partial charge on any atom is -0.306 e. The molecule has 2 aromatic rings. The molecule has 0 aliphatic carbocycles. The van der Waals surface area contributed by atoms with E-state index in [2.05, 4.69) is 29.1 Å². The first-order valence-corrected chi connectivity index (χ1v) is 8.10. The first kappa shape index (κ1) is 15.6. The van der Waals surface area contributed by atoms with Crippen LogP contribution in [0.1, 0.15) is 32.2 Å². The first-order valence-electron chi connectivity index (χ1n) is 7.69. The topological polar surface area (TPSA) is 66.3 Å². The Morgan fingerprint density at radius 3 is 2.78 bits per heavy atom. The molecule has 1 amide bonds. The van der Waals surface area contributed by atoms with Crippen molar-refractivity contribution in [3.05, 3.63) is 40.4 Å². The summed E-state index contributed by atoms with van der Waals surface area (Å²) in [5.41, 5.74) is 2.15. The van der Waals surface area contributed by atoms with Crippen LogP contribution in [0.5, 0.6) is 0 Å². The number of aromatic amines is 1. The summed E-state index contributed by atoms with van der Waals surface area (Å²) in [6.45, 7) is 6.81. The molecule has 3 rings (SSSR count). The third-order valence-corrected chi connectivity index (χ3v) is 3.94. The summed E-state index contributed by atoms with van der Waals surface area (Å²) in [6.07, 6.45) is 0.676. The number of anilines is 1. The Balaban J connectivity index is 2.13.